The molecule has 0 aromatic heterocycles. The number of hydrogen-bond acceptors (Lipinski definition) is 4. The molecule has 0 aliphatic carbocycles. The van der Waals surface area contributed by atoms with Crippen molar-refractivity contribution < 1.29 is 9.53 Å². The van der Waals surface area contributed by atoms with E-state index in [1.807, 2.05) is 19.0 Å². The third kappa shape index (κ3) is 2.83. The maximum atomic E-state index is 12.2. The summed E-state index contributed by atoms with van der Waals surface area (Å²) >= 11 is 6.15. The number of anilines is 2. The monoisotopic (exact) mass is 283 g/mol. The molecule has 104 valence electrons. The zero-order valence-corrected chi connectivity index (χ0v) is 11.8. The number of carbonyl (C=O) groups excluding carboxylic acids is 1. The molecule has 1 aromatic carbocycles. The lowest BCUT2D eigenvalue weighted by atomic mass is 9.99. The van der Waals surface area contributed by atoms with Gasteiger partial charge < -0.3 is 20.7 Å². The summed E-state index contributed by atoms with van der Waals surface area (Å²) in [6, 6.07) is 5.38. The van der Waals surface area contributed by atoms with Crippen LogP contribution in [0.3, 0.4) is 0 Å². The molecule has 0 radical (unpaired) electrons. The van der Waals surface area contributed by atoms with E-state index in [9.17, 15) is 4.79 Å². The predicted molar refractivity (Wildman–Crippen MR) is 76.8 cm³/mol. The van der Waals surface area contributed by atoms with Crippen LogP contribution in [0.4, 0.5) is 11.4 Å². The predicted octanol–water partition coefficient (Wildman–Crippen LogP) is 1.46. The van der Waals surface area contributed by atoms with Crippen LogP contribution in [0.2, 0.25) is 5.02 Å². The number of ether oxygens (including phenoxy) is 1. The minimum Gasteiger partial charge on any atom is -0.379 e. The number of nitrogens with one attached hydrogen (secondary N) is 1. The molecule has 1 aliphatic heterocycles. The van der Waals surface area contributed by atoms with E-state index >= 15 is 0 Å². The van der Waals surface area contributed by atoms with Crippen molar-refractivity contribution in [1.29, 1.82) is 0 Å². The smallest absolute Gasteiger partial charge is 0.247 e. The van der Waals surface area contributed by atoms with Crippen molar-refractivity contribution in [3.8, 4) is 0 Å². The first kappa shape index (κ1) is 14.1. The molecule has 0 spiro atoms. The van der Waals surface area contributed by atoms with Crippen LogP contribution in [0.15, 0.2) is 18.2 Å². The molecule has 3 N–H and O–H groups in total. The quantitative estimate of drug-likeness (QED) is 0.881. The Labute approximate surface area is 117 Å². The van der Waals surface area contributed by atoms with Gasteiger partial charge in [0.1, 0.15) is 5.54 Å². The second-order valence-electron chi connectivity index (χ2n) is 4.94. The fraction of sp³-hybridized carbons (Fsp3) is 0.462. The Morgan fingerprint density at radius 1 is 1.53 bits per heavy atom. The normalized spacial score (nSPS) is 22.3. The molecule has 1 amide bonds. The molecular weight excluding hydrogens is 266 g/mol. The Morgan fingerprint density at radius 2 is 2.26 bits per heavy atom. The summed E-state index contributed by atoms with van der Waals surface area (Å²) in [6.07, 6.45) is 0.525. The van der Waals surface area contributed by atoms with Gasteiger partial charge in [-0.2, -0.15) is 0 Å². The summed E-state index contributed by atoms with van der Waals surface area (Å²) in [5, 5.41) is 3.43. The van der Waals surface area contributed by atoms with E-state index in [4.69, 9.17) is 22.1 Å². The summed E-state index contributed by atoms with van der Waals surface area (Å²) < 4.78 is 5.20. The highest BCUT2D eigenvalue weighted by Gasteiger charge is 2.38. The number of carbonyl (C=O) groups is 1. The fourth-order valence-corrected chi connectivity index (χ4v) is 2.42. The standard InChI is InChI=1S/C13H18ClN3O2/c1-17(2)11-9(14)4-3-5-10(11)16-12(18)13(15)6-7-19-8-13/h3-5H,6-8,15H2,1-2H3,(H,16,18). The van der Waals surface area contributed by atoms with Gasteiger partial charge in [0.15, 0.2) is 0 Å². The highest BCUT2D eigenvalue weighted by Crippen LogP contribution is 2.33. The largest absolute Gasteiger partial charge is 0.379 e. The van der Waals surface area contributed by atoms with Crippen LogP contribution < -0.4 is 16.0 Å². The van der Waals surface area contributed by atoms with E-state index in [0.717, 1.165) is 5.69 Å². The highest BCUT2D eigenvalue weighted by atomic mass is 35.5. The van der Waals surface area contributed by atoms with E-state index < -0.39 is 5.54 Å². The number of para-hydroxylation sites is 1. The van der Waals surface area contributed by atoms with Gasteiger partial charge in [-0.15, -0.1) is 0 Å². The minimum absolute atomic E-state index is 0.240. The average Bonchev–Trinajstić information content (AvgIpc) is 2.77. The number of hydrogen-bond donors (Lipinski definition) is 2. The van der Waals surface area contributed by atoms with Crippen molar-refractivity contribution in [3.63, 3.8) is 0 Å². The molecule has 1 aromatic rings. The van der Waals surface area contributed by atoms with Gasteiger partial charge in [0.05, 0.1) is 23.0 Å². The maximum absolute atomic E-state index is 12.2. The van der Waals surface area contributed by atoms with Crippen molar-refractivity contribution in [1.82, 2.24) is 0 Å². The van der Waals surface area contributed by atoms with Crippen LogP contribution in [-0.2, 0) is 9.53 Å². The molecule has 1 heterocycles. The second kappa shape index (κ2) is 5.36. The molecule has 1 atom stereocenters. The van der Waals surface area contributed by atoms with Crippen molar-refractivity contribution in [3.05, 3.63) is 23.2 Å². The molecule has 1 aliphatic rings. The van der Waals surface area contributed by atoms with Gasteiger partial charge in [-0.3, -0.25) is 4.79 Å². The van der Waals surface area contributed by atoms with Gasteiger partial charge in [0.2, 0.25) is 5.91 Å². The van der Waals surface area contributed by atoms with Crippen molar-refractivity contribution in [2.75, 3.05) is 37.5 Å². The Morgan fingerprint density at radius 3 is 2.84 bits per heavy atom. The lowest BCUT2D eigenvalue weighted by Crippen LogP contribution is -2.51. The third-order valence-corrected chi connectivity index (χ3v) is 3.49. The van der Waals surface area contributed by atoms with Gasteiger partial charge >= 0.3 is 0 Å². The van der Waals surface area contributed by atoms with Crippen LogP contribution in [0.5, 0.6) is 0 Å². The van der Waals surface area contributed by atoms with Gasteiger partial charge in [0.25, 0.3) is 0 Å². The van der Waals surface area contributed by atoms with Gasteiger partial charge in [-0.05, 0) is 18.6 Å². The summed E-state index contributed by atoms with van der Waals surface area (Å²) in [5.41, 5.74) is 6.49. The van der Waals surface area contributed by atoms with Crippen LogP contribution in [-0.4, -0.2) is 38.8 Å². The van der Waals surface area contributed by atoms with E-state index in [1.54, 1.807) is 18.2 Å². The number of amides is 1. The average molecular weight is 284 g/mol. The number of nitrogens with zero attached hydrogens (tertiary/aromatic N) is 1. The van der Waals surface area contributed by atoms with E-state index in [-0.39, 0.29) is 12.5 Å². The number of nitrogens with two attached hydrogens (primary N) is 1. The Hall–Kier alpha value is -1.30. The highest BCUT2D eigenvalue weighted by molar-refractivity contribution is 6.34. The third-order valence-electron chi connectivity index (χ3n) is 3.19. The summed E-state index contributed by atoms with van der Waals surface area (Å²) in [7, 11) is 3.74. The summed E-state index contributed by atoms with van der Waals surface area (Å²) in [6.45, 7) is 0.761. The fourth-order valence-electron chi connectivity index (χ4n) is 2.08. The van der Waals surface area contributed by atoms with Crippen LogP contribution in [0.1, 0.15) is 6.42 Å². The molecule has 2 rings (SSSR count). The van der Waals surface area contributed by atoms with Crippen LogP contribution in [0, 0.1) is 0 Å². The molecule has 1 fully saturated rings. The molecule has 5 nitrogen and oxygen atoms in total. The molecule has 1 saturated heterocycles. The zero-order chi connectivity index (χ0) is 14.0. The number of rotatable bonds is 3. The van der Waals surface area contributed by atoms with Crippen molar-refractivity contribution >= 4 is 28.9 Å². The Kier molecular flexibility index (Phi) is 3.99. The molecule has 19 heavy (non-hydrogen) atoms. The van der Waals surface area contributed by atoms with Crippen LogP contribution in [0.25, 0.3) is 0 Å². The summed E-state index contributed by atoms with van der Waals surface area (Å²) in [4.78, 5) is 14.1. The first-order valence-corrected chi connectivity index (χ1v) is 6.46. The molecule has 0 saturated carbocycles. The first-order valence-electron chi connectivity index (χ1n) is 6.08. The first-order chi connectivity index (χ1) is 8.94. The van der Waals surface area contributed by atoms with E-state index in [2.05, 4.69) is 5.32 Å². The van der Waals surface area contributed by atoms with Crippen molar-refractivity contribution in [2.24, 2.45) is 5.73 Å². The lowest BCUT2D eigenvalue weighted by molar-refractivity contribution is -0.121. The van der Waals surface area contributed by atoms with Gasteiger partial charge in [-0.25, -0.2) is 0 Å². The lowest BCUT2D eigenvalue weighted by Gasteiger charge is -2.24. The molecule has 0 bridgehead atoms. The minimum atomic E-state index is -0.952. The molecular formula is C13H18ClN3O2. The molecule has 6 heteroatoms. The topological polar surface area (TPSA) is 67.6 Å². The summed E-state index contributed by atoms with van der Waals surface area (Å²) in [5.74, 6) is -0.240. The van der Waals surface area contributed by atoms with E-state index in [0.29, 0.717) is 23.7 Å². The Balaban J connectivity index is 2.24. The van der Waals surface area contributed by atoms with E-state index in [1.165, 1.54) is 0 Å². The maximum Gasteiger partial charge on any atom is 0.247 e. The number of benzene rings is 1. The SMILES string of the molecule is CN(C)c1c(Cl)cccc1NC(=O)C1(N)CCOC1. The second-order valence-corrected chi connectivity index (χ2v) is 5.35. The van der Waals surface area contributed by atoms with Gasteiger partial charge in [-0.1, -0.05) is 17.7 Å². The Bertz CT molecular complexity index is 485. The van der Waals surface area contributed by atoms with Gasteiger partial charge in [0, 0.05) is 20.7 Å². The number of halogens is 1. The molecule has 1 unspecified atom stereocenters. The van der Waals surface area contributed by atoms with Crippen molar-refractivity contribution in [2.45, 2.75) is 12.0 Å². The van der Waals surface area contributed by atoms with Crippen LogP contribution >= 0.6 is 11.6 Å². The zero-order valence-electron chi connectivity index (χ0n) is 11.1.